The number of allylic oxidation sites excluding steroid dienone is 3. The van der Waals surface area contributed by atoms with E-state index in [1.54, 1.807) is 6.92 Å². The Labute approximate surface area is 135 Å². The van der Waals surface area contributed by atoms with Crippen molar-refractivity contribution in [2.75, 3.05) is 13.2 Å². The standard InChI is InChI=1S/C19H16N2O2/c1-2-23-19(22)18-16-10-6-7-11-21(16)13-15(12-20)17(18)14-8-4-3-5-9-14/h3-11H,2,13H2,1H3. The van der Waals surface area contributed by atoms with Gasteiger partial charge in [0.2, 0.25) is 0 Å². The number of nitriles is 1. The largest absolute Gasteiger partial charge is 0.462 e. The van der Waals surface area contributed by atoms with Crippen molar-refractivity contribution < 1.29 is 9.53 Å². The summed E-state index contributed by atoms with van der Waals surface area (Å²) >= 11 is 0. The van der Waals surface area contributed by atoms with Gasteiger partial charge < -0.3 is 9.64 Å². The van der Waals surface area contributed by atoms with Crippen LogP contribution in [0.3, 0.4) is 0 Å². The average Bonchev–Trinajstić information content (AvgIpc) is 2.60. The summed E-state index contributed by atoms with van der Waals surface area (Å²) in [5.41, 5.74) is 3.29. The lowest BCUT2D eigenvalue weighted by molar-refractivity contribution is -0.138. The third-order valence-corrected chi connectivity index (χ3v) is 3.75. The number of hydrogen-bond donors (Lipinski definition) is 0. The Morgan fingerprint density at radius 2 is 2.09 bits per heavy atom. The van der Waals surface area contributed by atoms with Gasteiger partial charge in [-0.1, -0.05) is 36.4 Å². The summed E-state index contributed by atoms with van der Waals surface area (Å²) in [6.07, 6.45) is 7.51. The Kier molecular flexibility index (Phi) is 4.11. The molecule has 4 nitrogen and oxygen atoms in total. The van der Waals surface area contributed by atoms with Gasteiger partial charge in [-0.2, -0.15) is 5.26 Å². The lowest BCUT2D eigenvalue weighted by Crippen LogP contribution is -2.29. The van der Waals surface area contributed by atoms with Crippen LogP contribution in [0.2, 0.25) is 0 Å². The van der Waals surface area contributed by atoms with Crippen molar-refractivity contribution in [2.45, 2.75) is 6.92 Å². The summed E-state index contributed by atoms with van der Waals surface area (Å²) in [6, 6.07) is 11.8. The Morgan fingerprint density at radius 1 is 1.30 bits per heavy atom. The first-order chi connectivity index (χ1) is 11.3. The number of carbonyl (C=O) groups is 1. The molecule has 0 bridgehead atoms. The Bertz CT molecular complexity index is 792. The number of nitrogens with zero attached hydrogens (tertiary/aromatic N) is 2. The van der Waals surface area contributed by atoms with E-state index in [0.29, 0.717) is 29.9 Å². The molecule has 23 heavy (non-hydrogen) atoms. The molecule has 4 heteroatoms. The maximum atomic E-state index is 12.6. The summed E-state index contributed by atoms with van der Waals surface area (Å²) < 4.78 is 5.25. The minimum Gasteiger partial charge on any atom is -0.462 e. The van der Waals surface area contributed by atoms with E-state index in [-0.39, 0.29) is 0 Å². The van der Waals surface area contributed by atoms with Crippen molar-refractivity contribution in [1.82, 2.24) is 4.90 Å². The maximum Gasteiger partial charge on any atom is 0.340 e. The molecule has 0 aliphatic carbocycles. The number of esters is 1. The first-order valence-corrected chi connectivity index (χ1v) is 7.48. The molecule has 2 aliphatic heterocycles. The molecule has 0 amide bonds. The van der Waals surface area contributed by atoms with E-state index in [2.05, 4.69) is 6.07 Å². The quantitative estimate of drug-likeness (QED) is 0.805. The molecule has 2 heterocycles. The summed E-state index contributed by atoms with van der Waals surface area (Å²) in [4.78, 5) is 14.5. The summed E-state index contributed by atoms with van der Waals surface area (Å²) in [7, 11) is 0. The zero-order valence-corrected chi connectivity index (χ0v) is 12.8. The molecule has 0 saturated heterocycles. The third-order valence-electron chi connectivity index (χ3n) is 3.75. The maximum absolute atomic E-state index is 12.6. The van der Waals surface area contributed by atoms with E-state index in [4.69, 9.17) is 4.74 Å². The average molecular weight is 304 g/mol. The van der Waals surface area contributed by atoms with Crippen molar-refractivity contribution in [2.24, 2.45) is 0 Å². The molecule has 1 aromatic rings. The SMILES string of the molecule is CCOC(=O)C1=C2C=CC=CN2CC(C#N)=C1c1ccccc1. The second-order valence-electron chi connectivity index (χ2n) is 5.14. The van der Waals surface area contributed by atoms with Gasteiger partial charge >= 0.3 is 5.97 Å². The van der Waals surface area contributed by atoms with Crippen LogP contribution in [0.15, 0.2) is 71.6 Å². The van der Waals surface area contributed by atoms with E-state index < -0.39 is 5.97 Å². The highest BCUT2D eigenvalue weighted by molar-refractivity contribution is 6.09. The molecule has 0 atom stereocenters. The fraction of sp³-hybridized carbons (Fsp3) is 0.158. The van der Waals surface area contributed by atoms with Gasteiger partial charge in [-0.3, -0.25) is 0 Å². The molecule has 0 radical (unpaired) electrons. The molecule has 2 aliphatic rings. The van der Waals surface area contributed by atoms with Crippen LogP contribution in [-0.4, -0.2) is 24.0 Å². The van der Waals surface area contributed by atoms with Gasteiger partial charge in [-0.25, -0.2) is 4.79 Å². The first kappa shape index (κ1) is 14.9. The van der Waals surface area contributed by atoms with E-state index >= 15 is 0 Å². The van der Waals surface area contributed by atoms with Crippen molar-refractivity contribution in [3.63, 3.8) is 0 Å². The minimum absolute atomic E-state index is 0.291. The molecule has 0 N–H and O–H groups in total. The summed E-state index contributed by atoms with van der Waals surface area (Å²) in [6.45, 7) is 2.51. The molecule has 0 unspecified atom stereocenters. The summed E-state index contributed by atoms with van der Waals surface area (Å²) in [5, 5.41) is 9.59. The second kappa shape index (κ2) is 6.37. The molecule has 0 fully saturated rings. The van der Waals surface area contributed by atoms with E-state index in [0.717, 1.165) is 11.3 Å². The number of hydrogen-bond acceptors (Lipinski definition) is 4. The van der Waals surface area contributed by atoms with Crippen molar-refractivity contribution >= 4 is 11.5 Å². The van der Waals surface area contributed by atoms with E-state index in [9.17, 15) is 10.1 Å². The fourth-order valence-electron chi connectivity index (χ4n) is 2.79. The number of carbonyl (C=O) groups excluding carboxylic acids is 1. The molecule has 0 spiro atoms. The lowest BCUT2D eigenvalue weighted by Gasteiger charge is -2.31. The highest BCUT2D eigenvalue weighted by atomic mass is 16.5. The Morgan fingerprint density at radius 3 is 2.78 bits per heavy atom. The zero-order chi connectivity index (χ0) is 16.2. The lowest BCUT2D eigenvalue weighted by atomic mass is 9.88. The predicted octanol–water partition coefficient (Wildman–Crippen LogP) is 3.18. The van der Waals surface area contributed by atoms with E-state index in [1.807, 2.05) is 59.7 Å². The Balaban J connectivity index is 2.24. The second-order valence-corrected chi connectivity index (χ2v) is 5.14. The minimum atomic E-state index is -0.404. The normalized spacial score (nSPS) is 16.3. The van der Waals surface area contributed by atoms with Gasteiger partial charge in [-0.15, -0.1) is 0 Å². The van der Waals surface area contributed by atoms with Crippen LogP contribution in [0.1, 0.15) is 12.5 Å². The number of fused-ring (bicyclic) bond motifs is 1. The van der Waals surface area contributed by atoms with Crippen LogP contribution in [0.5, 0.6) is 0 Å². The highest BCUT2D eigenvalue weighted by Gasteiger charge is 2.31. The number of benzene rings is 1. The van der Waals surface area contributed by atoms with Crippen LogP contribution in [0, 0.1) is 11.3 Å². The zero-order valence-electron chi connectivity index (χ0n) is 12.8. The number of ether oxygens (including phenoxy) is 1. The van der Waals surface area contributed by atoms with Crippen LogP contribution < -0.4 is 0 Å². The molecule has 0 saturated carbocycles. The highest BCUT2D eigenvalue weighted by Crippen LogP contribution is 2.37. The molecular weight excluding hydrogens is 288 g/mol. The molecule has 3 rings (SSSR count). The Hall–Kier alpha value is -3.06. The third kappa shape index (κ3) is 2.69. The van der Waals surface area contributed by atoms with Crippen LogP contribution in [-0.2, 0) is 9.53 Å². The number of rotatable bonds is 3. The van der Waals surface area contributed by atoms with Gasteiger partial charge in [0, 0.05) is 11.8 Å². The molecule has 114 valence electrons. The predicted molar refractivity (Wildman–Crippen MR) is 87.6 cm³/mol. The monoisotopic (exact) mass is 304 g/mol. The van der Waals surface area contributed by atoms with E-state index in [1.165, 1.54) is 0 Å². The van der Waals surface area contributed by atoms with Crippen molar-refractivity contribution in [3.05, 3.63) is 77.2 Å². The van der Waals surface area contributed by atoms with Crippen LogP contribution in [0.4, 0.5) is 0 Å². The van der Waals surface area contributed by atoms with Crippen LogP contribution >= 0.6 is 0 Å². The molecular formula is C19H16N2O2. The molecule has 1 aromatic carbocycles. The fourth-order valence-corrected chi connectivity index (χ4v) is 2.79. The smallest absolute Gasteiger partial charge is 0.340 e. The van der Waals surface area contributed by atoms with Gasteiger partial charge in [0.15, 0.2) is 0 Å². The van der Waals surface area contributed by atoms with Gasteiger partial charge in [0.25, 0.3) is 0 Å². The van der Waals surface area contributed by atoms with Crippen LogP contribution in [0.25, 0.3) is 5.57 Å². The van der Waals surface area contributed by atoms with Gasteiger partial charge in [0.05, 0.1) is 36.1 Å². The topological polar surface area (TPSA) is 53.3 Å². The van der Waals surface area contributed by atoms with Gasteiger partial charge in [-0.05, 0) is 24.6 Å². The van der Waals surface area contributed by atoms with Gasteiger partial charge in [0.1, 0.15) is 0 Å². The van der Waals surface area contributed by atoms with Crippen molar-refractivity contribution in [1.29, 1.82) is 5.26 Å². The molecule has 0 aromatic heterocycles. The first-order valence-electron chi connectivity index (χ1n) is 7.48. The van der Waals surface area contributed by atoms with Crippen molar-refractivity contribution in [3.8, 4) is 6.07 Å². The summed E-state index contributed by atoms with van der Waals surface area (Å²) in [5.74, 6) is -0.404.